The number of hydrogen-bond donors (Lipinski definition) is 1. The Bertz CT molecular complexity index is 1580. The molecule has 5 rings (SSSR count). The molecule has 0 fully saturated rings. The van der Waals surface area contributed by atoms with Gasteiger partial charge in [-0.05, 0) is 66.1 Å². The monoisotopic (exact) mass is 536 g/mol. The first-order chi connectivity index (χ1) is 18.8. The molecule has 0 radical (unpaired) electrons. The summed E-state index contributed by atoms with van der Waals surface area (Å²) in [7, 11) is -1.26. The normalized spacial score (nSPS) is 11.6. The van der Waals surface area contributed by atoms with E-state index in [1.165, 1.54) is 0 Å². The minimum atomic E-state index is -1.26. The number of amides is 1. The van der Waals surface area contributed by atoms with Crippen LogP contribution in [0.25, 0.3) is 33.2 Å². The number of aromatic nitrogens is 5. The molecule has 0 unspecified atom stereocenters. The quantitative estimate of drug-likeness (QED) is 0.134. The number of nitrogens with zero attached hydrogens (tertiary/aromatic N) is 5. The van der Waals surface area contributed by atoms with E-state index >= 15 is 0 Å². The second-order valence-electron chi connectivity index (χ2n) is 10.7. The fourth-order valence-electron chi connectivity index (χ4n) is 4.42. The molecule has 0 aliphatic rings. The Hall–Kier alpha value is -4.21. The predicted octanol–water partition coefficient (Wildman–Crippen LogP) is 6.35. The van der Waals surface area contributed by atoms with Crippen molar-refractivity contribution in [3.63, 3.8) is 0 Å². The van der Waals surface area contributed by atoms with E-state index in [2.05, 4.69) is 51.7 Å². The summed E-state index contributed by atoms with van der Waals surface area (Å²) in [6, 6.07) is 14.6. The van der Waals surface area contributed by atoms with Gasteiger partial charge in [-0.1, -0.05) is 25.7 Å². The second kappa shape index (κ2) is 11.3. The number of benzene rings is 1. The van der Waals surface area contributed by atoms with Gasteiger partial charge in [0.25, 0.3) is 5.91 Å². The third-order valence-corrected chi connectivity index (χ3v) is 8.42. The van der Waals surface area contributed by atoms with Crippen molar-refractivity contribution in [3.05, 3.63) is 90.9 Å². The number of H-pyrrole nitrogens is 1. The highest BCUT2D eigenvalue weighted by atomic mass is 28.3. The van der Waals surface area contributed by atoms with E-state index in [1.807, 2.05) is 42.7 Å². The maximum Gasteiger partial charge on any atom is 0.281 e. The lowest BCUT2D eigenvalue weighted by molar-refractivity contribution is 0.0897. The lowest BCUT2D eigenvalue weighted by Crippen LogP contribution is -2.34. The van der Waals surface area contributed by atoms with Gasteiger partial charge in [-0.25, -0.2) is 0 Å². The molecule has 1 aromatic carbocycles. The summed E-state index contributed by atoms with van der Waals surface area (Å²) in [5.74, 6) is -0.238. The average molecular weight is 537 g/mol. The molecule has 0 saturated carbocycles. The number of hydrogen-bond acceptors (Lipinski definition) is 6. The fourth-order valence-corrected chi connectivity index (χ4v) is 5.18. The van der Waals surface area contributed by atoms with Crippen molar-refractivity contribution in [3.8, 4) is 22.3 Å². The molecule has 0 saturated heterocycles. The molecular weight excluding hydrogens is 504 g/mol. The topological polar surface area (TPSA) is 96.9 Å². The van der Waals surface area contributed by atoms with Crippen LogP contribution in [0.4, 0.5) is 5.69 Å². The Morgan fingerprint density at radius 1 is 0.897 bits per heavy atom. The minimum Gasteiger partial charge on any atom is -0.361 e. The van der Waals surface area contributed by atoms with Crippen LogP contribution in [-0.2, 0) is 4.74 Å². The summed E-state index contributed by atoms with van der Waals surface area (Å²) < 4.78 is 5.99. The minimum absolute atomic E-state index is 0.137. The van der Waals surface area contributed by atoms with Crippen molar-refractivity contribution in [1.82, 2.24) is 25.1 Å². The standard InChI is InChI=1S/C30H32N6O2Si/c1-21-26(22-7-11-31-12-8-22)18-33-19-27(21)23-5-6-28-25(17-23)29(35-34-28)30(37)36(24-9-13-32-14-10-24)20-38-15-16-39(2,3)4/h5-14,17-19H,15-16,20H2,1-4H3,(H,34,35). The van der Waals surface area contributed by atoms with Gasteiger partial charge < -0.3 is 4.74 Å². The Morgan fingerprint density at radius 2 is 1.56 bits per heavy atom. The molecule has 0 aliphatic carbocycles. The highest BCUT2D eigenvalue weighted by molar-refractivity contribution is 6.76. The van der Waals surface area contributed by atoms with Gasteiger partial charge >= 0.3 is 0 Å². The smallest absolute Gasteiger partial charge is 0.281 e. The van der Waals surface area contributed by atoms with Crippen LogP contribution >= 0.6 is 0 Å². The van der Waals surface area contributed by atoms with Gasteiger partial charge in [-0.2, -0.15) is 5.10 Å². The third kappa shape index (κ3) is 5.94. The van der Waals surface area contributed by atoms with Gasteiger partial charge in [0, 0.05) is 74.1 Å². The summed E-state index contributed by atoms with van der Waals surface area (Å²) >= 11 is 0. The number of ether oxygens (including phenoxy) is 1. The number of carbonyl (C=O) groups excluding carboxylic acids is 1. The van der Waals surface area contributed by atoms with Crippen molar-refractivity contribution in [2.24, 2.45) is 0 Å². The Balaban J connectivity index is 1.49. The summed E-state index contributed by atoms with van der Waals surface area (Å²) in [4.78, 5) is 28.3. The van der Waals surface area contributed by atoms with Crippen molar-refractivity contribution in [2.45, 2.75) is 32.6 Å². The number of rotatable bonds is 9. The van der Waals surface area contributed by atoms with Crippen LogP contribution in [0.5, 0.6) is 0 Å². The van der Waals surface area contributed by atoms with E-state index in [-0.39, 0.29) is 12.6 Å². The van der Waals surface area contributed by atoms with E-state index < -0.39 is 8.07 Å². The Kier molecular flexibility index (Phi) is 7.62. The highest BCUT2D eigenvalue weighted by Gasteiger charge is 2.24. The van der Waals surface area contributed by atoms with Gasteiger partial charge in [-0.3, -0.25) is 29.7 Å². The van der Waals surface area contributed by atoms with Crippen LogP contribution in [0.2, 0.25) is 25.7 Å². The largest absolute Gasteiger partial charge is 0.361 e. The molecule has 8 nitrogen and oxygen atoms in total. The first-order valence-electron chi connectivity index (χ1n) is 12.9. The predicted molar refractivity (Wildman–Crippen MR) is 157 cm³/mol. The van der Waals surface area contributed by atoms with E-state index in [9.17, 15) is 4.79 Å². The van der Waals surface area contributed by atoms with Gasteiger partial charge in [0.1, 0.15) is 6.73 Å². The third-order valence-electron chi connectivity index (χ3n) is 6.72. The number of aromatic amines is 1. The molecule has 0 spiro atoms. The first kappa shape index (κ1) is 26.4. The second-order valence-corrected chi connectivity index (χ2v) is 16.3. The summed E-state index contributed by atoms with van der Waals surface area (Å²) in [5, 5.41) is 8.20. The molecule has 198 valence electrons. The molecule has 0 atom stereocenters. The van der Waals surface area contributed by atoms with Crippen LogP contribution in [0.15, 0.2) is 79.6 Å². The highest BCUT2D eigenvalue weighted by Crippen LogP contribution is 2.33. The van der Waals surface area contributed by atoms with Gasteiger partial charge in [0.15, 0.2) is 5.69 Å². The zero-order chi connectivity index (χ0) is 27.4. The lowest BCUT2D eigenvalue weighted by Gasteiger charge is -2.23. The lowest BCUT2D eigenvalue weighted by atomic mass is 9.95. The maximum atomic E-state index is 13.9. The fraction of sp³-hybridized carbons (Fsp3) is 0.233. The average Bonchev–Trinajstić information content (AvgIpc) is 3.37. The number of fused-ring (bicyclic) bond motifs is 1. The van der Waals surface area contributed by atoms with E-state index in [0.717, 1.165) is 44.8 Å². The Labute approximate surface area is 229 Å². The zero-order valence-electron chi connectivity index (χ0n) is 22.7. The first-order valence-corrected chi connectivity index (χ1v) is 16.7. The van der Waals surface area contributed by atoms with Crippen LogP contribution in [0.1, 0.15) is 16.1 Å². The van der Waals surface area contributed by atoms with Crippen LogP contribution in [0.3, 0.4) is 0 Å². The van der Waals surface area contributed by atoms with Crippen LogP contribution in [0, 0.1) is 6.92 Å². The zero-order valence-corrected chi connectivity index (χ0v) is 23.7. The van der Waals surface area contributed by atoms with Crippen LogP contribution in [-0.4, -0.2) is 52.5 Å². The molecule has 4 heterocycles. The number of nitrogens with one attached hydrogen (secondary N) is 1. The maximum absolute atomic E-state index is 13.9. The number of anilines is 1. The molecule has 1 amide bonds. The molecule has 39 heavy (non-hydrogen) atoms. The molecule has 0 aliphatic heterocycles. The number of carbonyl (C=O) groups is 1. The Morgan fingerprint density at radius 3 is 2.26 bits per heavy atom. The SMILES string of the molecule is Cc1c(-c2ccncc2)cncc1-c1ccc2[nH]nc(C(=O)N(COCC[Si](C)(C)C)c3ccncc3)c2c1. The molecular formula is C30H32N6O2Si. The summed E-state index contributed by atoms with van der Waals surface area (Å²) in [6.45, 7) is 9.74. The molecule has 5 aromatic rings. The number of pyridine rings is 3. The van der Waals surface area contributed by atoms with E-state index in [1.54, 1.807) is 41.8 Å². The van der Waals surface area contributed by atoms with E-state index in [0.29, 0.717) is 18.0 Å². The van der Waals surface area contributed by atoms with Crippen molar-refractivity contribution < 1.29 is 9.53 Å². The van der Waals surface area contributed by atoms with Crippen molar-refractivity contribution in [2.75, 3.05) is 18.2 Å². The summed E-state index contributed by atoms with van der Waals surface area (Å²) in [5.41, 5.74) is 6.98. The van der Waals surface area contributed by atoms with Gasteiger partial charge in [0.05, 0.1) is 5.52 Å². The van der Waals surface area contributed by atoms with E-state index in [4.69, 9.17) is 4.74 Å². The molecule has 0 bridgehead atoms. The van der Waals surface area contributed by atoms with Gasteiger partial charge in [-0.15, -0.1) is 0 Å². The van der Waals surface area contributed by atoms with Crippen LogP contribution < -0.4 is 4.90 Å². The molecule has 4 aromatic heterocycles. The molecule has 1 N–H and O–H groups in total. The van der Waals surface area contributed by atoms with Gasteiger partial charge in [0.2, 0.25) is 0 Å². The molecule has 9 heteroatoms. The van der Waals surface area contributed by atoms with Crippen molar-refractivity contribution in [1.29, 1.82) is 0 Å². The van der Waals surface area contributed by atoms with Crippen molar-refractivity contribution >= 4 is 30.6 Å². The summed E-state index contributed by atoms with van der Waals surface area (Å²) in [6.07, 6.45) is 10.6.